The standard InChI is InChI=1S/C48H31NO.C46H31NO.C40H25NOS/c1-2-14-36(15-3-1)49(45-27-25-37(39-16-6-8-18-41(39)45)34-23-22-32-12-4-5-13-33(32)30-34)46-28-26-38(40-17-7-9-19-42(40)46)35-24-29-48-44(31-35)43-20-10-11-21-47(43)50-48;1-2-9-32(10-3-1)34-21-26-39(27-22-34)47(44-15-8-12-37-11-4-5-13-41(37)44)40-28-23-35(24-29-40)33-17-19-36(20-18-33)38-25-30-46-43(31-38)42-14-6-7-16-45(42)48-46;1-2-11-29(12-3-1)41(36-15-8-10-26-9-4-5-13-31(26)36)30-19-21-34-33-20-17-28(24-39(33)43-40(34)25-30)27-18-22-38-35(23-27)32-14-6-7-16-37(32)42-38/h1-31H;1-31H;1-25H/i4D,5D,12D,13D,22D,23D,30D;4D,5D,8D,11D,12D,13D,15D;1D,2D,3D,11D,12D. The molecule has 0 amide bonds. The summed E-state index contributed by atoms with van der Waals surface area (Å²) in [5.41, 5.74) is 21.9. The van der Waals surface area contributed by atoms with Gasteiger partial charge in [-0.1, -0.05) is 376 Å². The van der Waals surface area contributed by atoms with Crippen LogP contribution in [0.4, 0.5) is 51.2 Å². The smallest absolute Gasteiger partial charge is 0.135 e. The fourth-order valence-corrected chi connectivity index (χ4v) is 20.9. The number of benzene rings is 24. The predicted molar refractivity (Wildman–Crippen MR) is 598 cm³/mol. The minimum atomic E-state index is -0.489. The highest BCUT2D eigenvalue weighted by Gasteiger charge is 2.25. The van der Waals surface area contributed by atoms with Crippen molar-refractivity contribution >= 4 is 202 Å². The van der Waals surface area contributed by atoms with Crippen LogP contribution in [0, 0.1) is 0 Å². The molecule has 7 heteroatoms. The molecule has 0 aliphatic heterocycles. The van der Waals surface area contributed by atoms with Crippen molar-refractivity contribution in [2.75, 3.05) is 14.7 Å². The molecule has 0 radical (unpaired) electrons. The molecule has 0 spiro atoms. The third-order valence-corrected chi connectivity index (χ3v) is 27.6. The van der Waals surface area contributed by atoms with Crippen molar-refractivity contribution < 1.29 is 39.3 Å². The Morgan fingerprint density at radius 2 is 0.560 bits per heavy atom. The number of furan rings is 3. The molecule has 0 aliphatic carbocycles. The Labute approximate surface area is 845 Å². The van der Waals surface area contributed by atoms with Gasteiger partial charge in [0.25, 0.3) is 0 Å². The quantitative estimate of drug-likeness (QED) is 0.102. The molecule has 0 atom stereocenters. The van der Waals surface area contributed by atoms with Crippen LogP contribution in [0.5, 0.6) is 0 Å². The van der Waals surface area contributed by atoms with Crippen LogP contribution in [0.2, 0.25) is 0 Å². The maximum absolute atomic E-state index is 9.29. The Hall–Kier alpha value is -18.4. The maximum atomic E-state index is 9.29. The highest BCUT2D eigenvalue weighted by molar-refractivity contribution is 7.25. The summed E-state index contributed by atoms with van der Waals surface area (Å²) >= 11 is 1.68. The van der Waals surface area contributed by atoms with Crippen molar-refractivity contribution in [3.63, 3.8) is 0 Å². The summed E-state index contributed by atoms with van der Waals surface area (Å²) in [4.78, 5) is 5.78. The average Bonchev–Trinajstić information content (AvgIpc) is 0.795. The first-order valence-corrected chi connectivity index (χ1v) is 47.2. The zero-order valence-corrected chi connectivity index (χ0v) is 76.1. The average molecular weight is 1840 g/mol. The molecule has 28 aromatic rings. The molecule has 0 unspecified atom stereocenters. The fourth-order valence-electron chi connectivity index (χ4n) is 19.7. The van der Waals surface area contributed by atoms with E-state index in [1.807, 2.05) is 266 Å². The largest absolute Gasteiger partial charge is 0.456 e. The molecule has 0 saturated carbocycles. The molecular weight excluding hydrogens is 1730 g/mol. The van der Waals surface area contributed by atoms with Crippen LogP contribution in [0.15, 0.2) is 541 Å². The Morgan fingerprint density at radius 3 is 1.16 bits per heavy atom. The van der Waals surface area contributed by atoms with Gasteiger partial charge in [-0.2, -0.15) is 0 Å². The minimum Gasteiger partial charge on any atom is -0.456 e. The number of thiophene rings is 1. The van der Waals surface area contributed by atoms with Crippen LogP contribution in [0.25, 0.3) is 207 Å². The van der Waals surface area contributed by atoms with E-state index in [1.165, 1.54) is 0 Å². The lowest BCUT2D eigenvalue weighted by atomic mass is 9.93. The summed E-state index contributed by atoms with van der Waals surface area (Å²) in [7, 11) is 0. The predicted octanol–water partition coefficient (Wildman–Crippen LogP) is 39.3. The Kier molecular flexibility index (Phi) is 16.5. The summed E-state index contributed by atoms with van der Waals surface area (Å²) < 4.78 is 185. The van der Waals surface area contributed by atoms with Gasteiger partial charge in [-0.25, -0.2) is 0 Å². The zero-order valence-electron chi connectivity index (χ0n) is 94.2. The van der Waals surface area contributed by atoms with Gasteiger partial charge in [-0.15, -0.1) is 11.3 Å². The first-order chi connectivity index (χ1) is 77.8. The van der Waals surface area contributed by atoms with E-state index in [-0.39, 0.29) is 92.9 Å². The molecule has 4 heterocycles. The third-order valence-electron chi connectivity index (χ3n) is 26.5. The molecule has 4 aromatic heterocycles. The van der Waals surface area contributed by atoms with Gasteiger partial charge in [0.15, 0.2) is 0 Å². The number of anilines is 9. The number of hydrogen-bond donors (Lipinski definition) is 0. The SMILES string of the molecule is [2H]c1c([2H])c([2H])c(N(c2ccc3c(c2)sc2cc(-c4ccc5oc6ccccc6c5c4)ccc23)c2cccc3ccccc23)c([2H])c1[2H].[2H]c1c([2H])c([2H])c2c(N(c3ccc(-c4ccccc4)cc3)c3ccc(-c4ccc(-c5ccc6oc7ccccc7c6c5)cc4)cc3)c([2H])c([2H])c([2H])c2c1[2H].[2H]c1c([2H])c([2H])c2c([2H])c(-c3ccc(N(c4ccccc4)c4ccc(-c5ccc6oc7ccccc7c6c5)c5ccccc45)c4ccccc34)c([2H])c([2H])c2c1[2H]. The Bertz CT molecular complexity index is 10900. The van der Waals surface area contributed by atoms with E-state index in [2.05, 4.69) is 157 Å². The lowest BCUT2D eigenvalue weighted by Gasteiger charge is -2.29. The number of hydrogen-bond acceptors (Lipinski definition) is 7. The lowest BCUT2D eigenvalue weighted by molar-refractivity contribution is 0.668. The first-order valence-electron chi connectivity index (χ1n) is 55.9. The molecule has 662 valence electrons. The van der Waals surface area contributed by atoms with Crippen LogP contribution in [0.3, 0.4) is 0 Å². The highest BCUT2D eigenvalue weighted by atomic mass is 32.1. The topological polar surface area (TPSA) is 49.1 Å². The summed E-state index contributed by atoms with van der Waals surface area (Å²) in [5, 5.41) is 14.0. The van der Waals surface area contributed by atoms with E-state index in [1.54, 1.807) is 16.2 Å². The molecule has 0 N–H and O–H groups in total. The van der Waals surface area contributed by atoms with Gasteiger partial charge in [-0.3, -0.25) is 0 Å². The molecular formula is C134H87N3O3S. The van der Waals surface area contributed by atoms with Crippen LogP contribution < -0.4 is 14.7 Å². The lowest BCUT2D eigenvalue weighted by Crippen LogP contribution is -2.11. The van der Waals surface area contributed by atoms with Crippen molar-refractivity contribution in [3.05, 3.63) is 527 Å². The second-order valence-electron chi connectivity index (χ2n) is 34.6. The Morgan fingerprint density at radius 1 is 0.170 bits per heavy atom. The van der Waals surface area contributed by atoms with Crippen LogP contribution >= 0.6 is 11.3 Å². The van der Waals surface area contributed by atoms with Crippen molar-refractivity contribution in [2.24, 2.45) is 0 Å². The van der Waals surface area contributed by atoms with Crippen molar-refractivity contribution in [3.8, 4) is 66.8 Å². The van der Waals surface area contributed by atoms with Gasteiger partial charge in [-0.05, 0) is 251 Å². The van der Waals surface area contributed by atoms with Crippen molar-refractivity contribution in [2.45, 2.75) is 0 Å². The number of fused-ring (bicyclic) bond motifs is 17. The van der Waals surface area contributed by atoms with Crippen LogP contribution in [-0.2, 0) is 0 Å². The monoisotopic (exact) mass is 1840 g/mol. The molecule has 24 aromatic carbocycles. The van der Waals surface area contributed by atoms with E-state index in [0.29, 0.717) is 22.6 Å². The van der Waals surface area contributed by atoms with Gasteiger partial charge in [0.1, 0.15) is 33.5 Å². The van der Waals surface area contributed by atoms with Gasteiger partial charge < -0.3 is 28.0 Å². The number of rotatable bonds is 15. The van der Waals surface area contributed by atoms with Gasteiger partial charge in [0.05, 0.1) is 48.8 Å². The number of para-hydroxylation sites is 5. The molecule has 0 aliphatic rings. The zero-order chi connectivity index (χ0) is 110. The van der Waals surface area contributed by atoms with Crippen LogP contribution in [0.1, 0.15) is 26.0 Å². The second-order valence-corrected chi connectivity index (χ2v) is 35.7. The van der Waals surface area contributed by atoms with Crippen molar-refractivity contribution in [1.82, 2.24) is 0 Å². The Balaban J connectivity index is 0.000000119. The fraction of sp³-hybridized carbons (Fsp3) is 0. The second kappa shape index (κ2) is 35.7. The van der Waals surface area contributed by atoms with E-state index >= 15 is 0 Å². The first kappa shape index (κ1) is 65.3. The van der Waals surface area contributed by atoms with Gasteiger partial charge >= 0.3 is 0 Å². The highest BCUT2D eigenvalue weighted by Crippen LogP contribution is 2.51. The van der Waals surface area contributed by atoms with E-state index in [4.69, 9.17) is 37.9 Å². The van der Waals surface area contributed by atoms with E-state index in [0.717, 1.165) is 197 Å². The summed E-state index contributed by atoms with van der Waals surface area (Å²) in [6, 6.07) is 131. The van der Waals surface area contributed by atoms with Crippen molar-refractivity contribution in [1.29, 1.82) is 0 Å². The molecule has 0 fully saturated rings. The molecule has 6 nitrogen and oxygen atoms in total. The maximum Gasteiger partial charge on any atom is 0.135 e. The third kappa shape index (κ3) is 15.4. The summed E-state index contributed by atoms with van der Waals surface area (Å²) in [6.45, 7) is 0. The summed E-state index contributed by atoms with van der Waals surface area (Å²) in [6.07, 6.45) is 0. The normalized spacial score (nSPS) is 13.4. The summed E-state index contributed by atoms with van der Waals surface area (Å²) in [5.74, 6) is 0. The van der Waals surface area contributed by atoms with Gasteiger partial charge in [0, 0.05) is 102 Å². The minimum absolute atomic E-state index is 0.0189. The van der Waals surface area contributed by atoms with Crippen LogP contribution in [-0.4, -0.2) is 0 Å². The van der Waals surface area contributed by atoms with Gasteiger partial charge in [0.2, 0.25) is 0 Å². The van der Waals surface area contributed by atoms with E-state index < -0.39 is 60.4 Å². The van der Waals surface area contributed by atoms with E-state index in [9.17, 15) is 1.37 Å². The molecule has 28 rings (SSSR count). The molecule has 0 saturated heterocycles. The number of nitrogens with zero attached hydrogens (tertiary/aromatic N) is 3. The molecule has 141 heavy (non-hydrogen) atoms. The molecule has 0 bridgehead atoms.